The molecular weight excluding hydrogens is 188 g/mol. The lowest BCUT2D eigenvalue weighted by molar-refractivity contribution is -0.872. The monoisotopic (exact) mass is 207 g/mol. The Kier molecular flexibility index (Phi) is 4.01. The van der Waals surface area contributed by atoms with Crippen molar-refractivity contribution in [3.63, 3.8) is 0 Å². The summed E-state index contributed by atoms with van der Waals surface area (Å²) in [6.45, 7) is 0.288. The van der Waals surface area contributed by atoms with E-state index >= 15 is 0 Å². The lowest BCUT2D eigenvalue weighted by atomic mass is 10.1. The smallest absolute Gasteiger partial charge is 0.366 e. The standard InChI is InChI=1S/C8H18N2O4/c1-9-6(5-10(2,3)4)8(13,14)7(11)12/h6,9,13-14H,5H2,1-4H3/p+1. The summed E-state index contributed by atoms with van der Waals surface area (Å²) in [5.74, 6) is -4.38. The second-order valence-corrected chi connectivity index (χ2v) is 4.35. The summed E-state index contributed by atoms with van der Waals surface area (Å²) in [5.41, 5.74) is 0. The highest BCUT2D eigenvalue weighted by Gasteiger charge is 2.44. The number of hydrogen-bond acceptors (Lipinski definition) is 4. The summed E-state index contributed by atoms with van der Waals surface area (Å²) >= 11 is 0. The van der Waals surface area contributed by atoms with Gasteiger partial charge in [-0.25, -0.2) is 4.79 Å². The van der Waals surface area contributed by atoms with Gasteiger partial charge in [0.1, 0.15) is 6.04 Å². The van der Waals surface area contributed by atoms with E-state index in [4.69, 9.17) is 5.11 Å². The molecule has 0 saturated heterocycles. The number of carboxylic acid groups (broad SMARTS) is 1. The first-order chi connectivity index (χ1) is 6.11. The maximum atomic E-state index is 10.6. The SMILES string of the molecule is CNC(C[N+](C)(C)C)C(O)(O)C(=O)O. The number of aliphatic carboxylic acids is 1. The minimum Gasteiger partial charge on any atom is -0.477 e. The van der Waals surface area contributed by atoms with Gasteiger partial charge in [-0.05, 0) is 7.05 Å². The van der Waals surface area contributed by atoms with Crippen molar-refractivity contribution in [2.45, 2.75) is 11.8 Å². The fraction of sp³-hybridized carbons (Fsp3) is 0.875. The molecule has 0 amide bonds. The molecule has 0 heterocycles. The zero-order chi connectivity index (χ0) is 11.6. The fourth-order valence-corrected chi connectivity index (χ4v) is 1.12. The molecule has 0 saturated carbocycles. The van der Waals surface area contributed by atoms with Gasteiger partial charge >= 0.3 is 5.97 Å². The molecule has 0 rings (SSSR count). The quantitative estimate of drug-likeness (QED) is 0.311. The average Bonchev–Trinajstić information content (AvgIpc) is 1.97. The third kappa shape index (κ3) is 3.59. The molecule has 0 aromatic rings. The number of carboxylic acids is 1. The number of nitrogens with one attached hydrogen (secondary N) is 1. The van der Waals surface area contributed by atoms with Gasteiger partial charge in [0, 0.05) is 0 Å². The Morgan fingerprint density at radius 2 is 1.86 bits per heavy atom. The second kappa shape index (κ2) is 4.22. The molecule has 6 heteroatoms. The molecule has 0 radical (unpaired) electrons. The Balaban J connectivity index is 4.65. The van der Waals surface area contributed by atoms with Crippen LogP contribution in [0.25, 0.3) is 0 Å². The van der Waals surface area contributed by atoms with Crippen molar-refractivity contribution in [1.82, 2.24) is 5.32 Å². The van der Waals surface area contributed by atoms with Crippen molar-refractivity contribution in [3.8, 4) is 0 Å². The van der Waals surface area contributed by atoms with Gasteiger partial charge in [-0.1, -0.05) is 0 Å². The third-order valence-corrected chi connectivity index (χ3v) is 1.88. The van der Waals surface area contributed by atoms with Crippen LogP contribution < -0.4 is 5.32 Å². The van der Waals surface area contributed by atoms with E-state index in [2.05, 4.69) is 5.32 Å². The zero-order valence-corrected chi connectivity index (χ0v) is 8.98. The third-order valence-electron chi connectivity index (χ3n) is 1.88. The Morgan fingerprint density at radius 1 is 1.43 bits per heavy atom. The Labute approximate surface area is 83.4 Å². The van der Waals surface area contributed by atoms with Gasteiger partial charge in [-0.3, -0.25) is 0 Å². The summed E-state index contributed by atoms with van der Waals surface area (Å²) in [4.78, 5) is 10.6. The predicted octanol–water partition coefficient (Wildman–Crippen LogP) is -1.95. The van der Waals surface area contributed by atoms with Crippen molar-refractivity contribution >= 4 is 5.97 Å². The average molecular weight is 207 g/mol. The van der Waals surface area contributed by atoms with Crippen LogP contribution in [0.3, 0.4) is 0 Å². The molecule has 14 heavy (non-hydrogen) atoms. The summed E-state index contributed by atoms with van der Waals surface area (Å²) in [6, 6.07) is -0.917. The number of likely N-dealkylation sites (N-methyl/N-ethyl adjacent to an activating group) is 2. The Morgan fingerprint density at radius 3 is 2.07 bits per heavy atom. The van der Waals surface area contributed by atoms with Crippen LogP contribution in [0.4, 0.5) is 0 Å². The first-order valence-corrected chi connectivity index (χ1v) is 4.27. The van der Waals surface area contributed by atoms with E-state index in [0.717, 1.165) is 0 Å². The lowest BCUT2D eigenvalue weighted by Gasteiger charge is -2.33. The van der Waals surface area contributed by atoms with Crippen molar-refractivity contribution < 1.29 is 24.6 Å². The largest absolute Gasteiger partial charge is 0.477 e. The van der Waals surface area contributed by atoms with Gasteiger partial charge in [-0.2, -0.15) is 0 Å². The summed E-state index contributed by atoms with van der Waals surface area (Å²) < 4.78 is 0.432. The van der Waals surface area contributed by atoms with Crippen molar-refractivity contribution in [2.75, 3.05) is 34.7 Å². The minimum absolute atomic E-state index is 0.288. The maximum absolute atomic E-state index is 10.6. The van der Waals surface area contributed by atoms with Crippen LogP contribution in [0.15, 0.2) is 0 Å². The highest BCUT2D eigenvalue weighted by atomic mass is 16.5. The molecule has 1 unspecified atom stereocenters. The van der Waals surface area contributed by atoms with Gasteiger partial charge in [0.15, 0.2) is 0 Å². The van der Waals surface area contributed by atoms with Crippen molar-refractivity contribution in [2.24, 2.45) is 0 Å². The van der Waals surface area contributed by atoms with E-state index in [1.165, 1.54) is 7.05 Å². The molecule has 1 atom stereocenters. The molecule has 0 aromatic heterocycles. The van der Waals surface area contributed by atoms with Crippen molar-refractivity contribution in [1.29, 1.82) is 0 Å². The van der Waals surface area contributed by atoms with Crippen LogP contribution in [0.5, 0.6) is 0 Å². The normalized spacial score (nSPS) is 15.3. The molecule has 0 aromatic carbocycles. The molecule has 0 spiro atoms. The second-order valence-electron chi connectivity index (χ2n) is 4.35. The molecule has 0 aliphatic heterocycles. The fourth-order valence-electron chi connectivity index (χ4n) is 1.12. The number of rotatable bonds is 5. The summed E-state index contributed by atoms with van der Waals surface area (Å²) in [5, 5.41) is 29.8. The van der Waals surface area contributed by atoms with E-state index in [1.807, 2.05) is 21.1 Å². The minimum atomic E-state index is -2.74. The first-order valence-electron chi connectivity index (χ1n) is 4.27. The highest BCUT2D eigenvalue weighted by Crippen LogP contribution is 2.09. The van der Waals surface area contributed by atoms with Crippen LogP contribution in [-0.4, -0.2) is 72.3 Å². The molecule has 84 valence electrons. The van der Waals surface area contributed by atoms with Crippen molar-refractivity contribution in [3.05, 3.63) is 0 Å². The van der Waals surface area contributed by atoms with Crippen LogP contribution in [0, 0.1) is 0 Å². The van der Waals surface area contributed by atoms with Gasteiger partial charge in [0.05, 0.1) is 27.7 Å². The van der Waals surface area contributed by atoms with E-state index in [9.17, 15) is 15.0 Å². The molecule has 0 fully saturated rings. The summed E-state index contributed by atoms with van der Waals surface area (Å²) in [7, 11) is 7.00. The van der Waals surface area contributed by atoms with Gasteiger partial charge in [0.25, 0.3) is 5.79 Å². The van der Waals surface area contributed by atoms with Gasteiger partial charge < -0.3 is 25.1 Å². The van der Waals surface area contributed by atoms with Crippen LogP contribution >= 0.6 is 0 Å². The molecule has 0 aliphatic rings. The van der Waals surface area contributed by atoms with Crippen LogP contribution in [-0.2, 0) is 4.79 Å². The Hall–Kier alpha value is -0.690. The predicted molar refractivity (Wildman–Crippen MR) is 50.6 cm³/mol. The van der Waals surface area contributed by atoms with E-state index < -0.39 is 17.8 Å². The molecule has 0 bridgehead atoms. The number of quaternary nitrogens is 1. The number of carbonyl (C=O) groups is 1. The topological polar surface area (TPSA) is 89.8 Å². The maximum Gasteiger partial charge on any atom is 0.366 e. The molecule has 4 N–H and O–H groups in total. The molecule has 6 nitrogen and oxygen atoms in total. The number of aliphatic hydroxyl groups is 2. The first kappa shape index (κ1) is 13.3. The molecule has 0 aliphatic carbocycles. The number of hydrogen-bond donors (Lipinski definition) is 4. The van der Waals surface area contributed by atoms with Crippen LogP contribution in [0.1, 0.15) is 0 Å². The van der Waals surface area contributed by atoms with E-state index in [0.29, 0.717) is 4.48 Å². The van der Waals surface area contributed by atoms with Crippen LogP contribution in [0.2, 0.25) is 0 Å². The Bertz CT molecular complexity index is 210. The lowest BCUT2D eigenvalue weighted by Crippen LogP contribution is -2.61. The summed E-state index contributed by atoms with van der Waals surface area (Å²) in [6.07, 6.45) is 0. The zero-order valence-electron chi connectivity index (χ0n) is 8.98. The molecular formula is C8H19N2O4+. The highest BCUT2D eigenvalue weighted by molar-refractivity contribution is 5.75. The van der Waals surface area contributed by atoms with E-state index in [-0.39, 0.29) is 6.54 Å². The van der Waals surface area contributed by atoms with Gasteiger partial charge in [-0.15, -0.1) is 0 Å². The number of nitrogens with zero attached hydrogens (tertiary/aromatic N) is 1. The van der Waals surface area contributed by atoms with Gasteiger partial charge in [0.2, 0.25) is 0 Å². The van der Waals surface area contributed by atoms with E-state index in [1.54, 1.807) is 0 Å².